The summed E-state index contributed by atoms with van der Waals surface area (Å²) in [5.41, 5.74) is 4.66. The lowest BCUT2D eigenvalue weighted by Gasteiger charge is -2.17. The van der Waals surface area contributed by atoms with Crippen LogP contribution in [0.3, 0.4) is 0 Å². The Balaban J connectivity index is 1.81. The highest BCUT2D eigenvalue weighted by Crippen LogP contribution is 2.41. The predicted molar refractivity (Wildman–Crippen MR) is 132 cm³/mol. The molecule has 1 aliphatic rings. The van der Waals surface area contributed by atoms with Gasteiger partial charge in [-0.25, -0.2) is 9.37 Å². The van der Waals surface area contributed by atoms with Crippen LogP contribution in [0.2, 0.25) is 10.0 Å². The Hall–Kier alpha value is -2.65. The molecule has 1 saturated heterocycles. The highest BCUT2D eigenvalue weighted by molar-refractivity contribution is 6.43. The summed E-state index contributed by atoms with van der Waals surface area (Å²) in [5.74, 6) is -0.441. The molecule has 4 nitrogen and oxygen atoms in total. The molecular formula is C26H23Cl2FN4. The molecule has 1 atom stereocenters. The zero-order valence-corrected chi connectivity index (χ0v) is 20.0. The molecule has 0 bridgehead atoms. The Bertz CT molecular complexity index is 1440. The molecule has 0 amide bonds. The van der Waals surface area contributed by atoms with Gasteiger partial charge in [0.15, 0.2) is 5.82 Å². The topological polar surface area (TPSA) is 55.7 Å². The fourth-order valence-electron chi connectivity index (χ4n) is 5.05. The number of halogens is 3. The molecular weight excluding hydrogens is 458 g/mol. The number of hydrogen-bond donors (Lipinski definition) is 1. The normalized spacial score (nSPS) is 16.7. The zero-order chi connectivity index (χ0) is 23.3. The smallest absolute Gasteiger partial charge is 0.157 e. The summed E-state index contributed by atoms with van der Waals surface area (Å²) in [5, 5.41) is 11.6. The second-order valence-electron chi connectivity index (χ2n) is 8.73. The molecule has 0 saturated carbocycles. The van der Waals surface area contributed by atoms with Crippen molar-refractivity contribution < 1.29 is 4.39 Å². The Morgan fingerprint density at radius 3 is 2.82 bits per heavy atom. The van der Waals surface area contributed by atoms with Crippen LogP contribution in [-0.2, 0) is 6.42 Å². The van der Waals surface area contributed by atoms with Gasteiger partial charge in [0.05, 0.1) is 21.6 Å². The van der Waals surface area contributed by atoms with Crippen LogP contribution in [0.1, 0.15) is 42.3 Å². The van der Waals surface area contributed by atoms with Crippen LogP contribution >= 0.6 is 23.2 Å². The van der Waals surface area contributed by atoms with Gasteiger partial charge in [-0.05, 0) is 63.5 Å². The summed E-state index contributed by atoms with van der Waals surface area (Å²) in [6.45, 7) is 2.97. The lowest BCUT2D eigenvalue weighted by Crippen LogP contribution is -2.17. The monoisotopic (exact) mass is 480 g/mol. The van der Waals surface area contributed by atoms with E-state index < -0.39 is 5.82 Å². The largest absolute Gasteiger partial charge is 0.356 e. The Labute approximate surface area is 201 Å². The third-order valence-corrected chi connectivity index (χ3v) is 7.52. The van der Waals surface area contributed by atoms with Gasteiger partial charge in [0.2, 0.25) is 0 Å². The van der Waals surface area contributed by atoms with Crippen molar-refractivity contribution in [1.82, 2.24) is 14.9 Å². The number of hydrogen-bond acceptors (Lipinski definition) is 3. The number of aryl methyl sites for hydroxylation is 2. The molecule has 7 heteroatoms. The Morgan fingerprint density at radius 1 is 1.27 bits per heavy atom. The second-order valence-corrected chi connectivity index (χ2v) is 9.51. The molecule has 1 fully saturated rings. The molecule has 1 unspecified atom stereocenters. The number of likely N-dealkylation sites (tertiary alicyclic amines) is 1. The van der Waals surface area contributed by atoms with E-state index in [9.17, 15) is 5.26 Å². The van der Waals surface area contributed by atoms with Crippen LogP contribution in [0.4, 0.5) is 4.39 Å². The van der Waals surface area contributed by atoms with Gasteiger partial charge in [0.25, 0.3) is 0 Å². The van der Waals surface area contributed by atoms with Crippen molar-refractivity contribution in [2.45, 2.75) is 38.6 Å². The Morgan fingerprint density at radius 2 is 2.09 bits per heavy atom. The molecule has 2 aromatic heterocycles. The van der Waals surface area contributed by atoms with Crippen molar-refractivity contribution in [3.05, 3.63) is 63.1 Å². The standard InChI is InChI=1S/C26H23Cl2FN4/c1-14-17-13-20(21-9-5-11-33(21)2)32-25(17)18-12-15(6-4-10-30)22(24(29)26(18)31-14)16-7-3-8-19(27)23(16)28/h3,7-8,12-13,21,32H,4-6,9,11H2,1-2H3. The van der Waals surface area contributed by atoms with Gasteiger partial charge >= 0.3 is 0 Å². The minimum Gasteiger partial charge on any atom is -0.356 e. The van der Waals surface area contributed by atoms with E-state index in [1.165, 1.54) is 0 Å². The maximum atomic E-state index is 16.2. The van der Waals surface area contributed by atoms with Crippen LogP contribution in [0.5, 0.6) is 0 Å². The first-order valence-corrected chi connectivity index (χ1v) is 11.8. The quantitative estimate of drug-likeness (QED) is 0.331. The number of nitriles is 1. The van der Waals surface area contributed by atoms with Crippen molar-refractivity contribution in [1.29, 1.82) is 5.26 Å². The van der Waals surface area contributed by atoms with Crippen molar-refractivity contribution in [3.63, 3.8) is 0 Å². The molecule has 168 valence electrons. The summed E-state index contributed by atoms with van der Waals surface area (Å²) in [4.78, 5) is 10.6. The van der Waals surface area contributed by atoms with Crippen LogP contribution in [-0.4, -0.2) is 28.5 Å². The van der Waals surface area contributed by atoms with E-state index in [2.05, 4.69) is 34.1 Å². The summed E-state index contributed by atoms with van der Waals surface area (Å²) < 4.78 is 16.2. The fraction of sp³-hybridized carbons (Fsp3) is 0.308. The first kappa shape index (κ1) is 22.2. The van der Waals surface area contributed by atoms with E-state index in [0.29, 0.717) is 44.7 Å². The van der Waals surface area contributed by atoms with Crippen LogP contribution in [0, 0.1) is 24.1 Å². The molecule has 33 heavy (non-hydrogen) atoms. The number of benzene rings is 2. The number of aromatic nitrogens is 2. The number of pyridine rings is 1. The summed E-state index contributed by atoms with van der Waals surface area (Å²) in [6, 6.07) is 11.8. The number of H-pyrrole nitrogens is 1. The third kappa shape index (κ3) is 3.67. The number of nitrogens with zero attached hydrogens (tertiary/aromatic N) is 3. The first-order chi connectivity index (χ1) is 15.9. The molecule has 3 heterocycles. The zero-order valence-electron chi connectivity index (χ0n) is 18.5. The van der Waals surface area contributed by atoms with Crippen molar-refractivity contribution in [2.75, 3.05) is 13.6 Å². The second kappa shape index (κ2) is 8.61. The van der Waals surface area contributed by atoms with Gasteiger partial charge in [-0.15, -0.1) is 0 Å². The SMILES string of the molecule is Cc1nc2c(F)c(-c3cccc(Cl)c3Cl)c(CCC#N)cc2c2[nH]c(C3CCCN3C)cc12. The number of rotatable bonds is 4. The van der Waals surface area contributed by atoms with Gasteiger partial charge in [-0.1, -0.05) is 35.3 Å². The Kier molecular flexibility index (Phi) is 5.78. The first-order valence-electron chi connectivity index (χ1n) is 11.1. The molecule has 5 rings (SSSR count). The molecule has 0 aliphatic carbocycles. The maximum Gasteiger partial charge on any atom is 0.157 e. The highest BCUT2D eigenvalue weighted by atomic mass is 35.5. The van der Waals surface area contributed by atoms with E-state index in [4.69, 9.17) is 23.2 Å². The summed E-state index contributed by atoms with van der Waals surface area (Å²) in [7, 11) is 2.13. The van der Waals surface area contributed by atoms with E-state index in [1.54, 1.807) is 18.2 Å². The third-order valence-electron chi connectivity index (χ3n) is 6.71. The summed E-state index contributed by atoms with van der Waals surface area (Å²) >= 11 is 12.7. The van der Waals surface area contributed by atoms with Gasteiger partial charge in [-0.2, -0.15) is 5.26 Å². The van der Waals surface area contributed by atoms with Gasteiger partial charge in [0.1, 0.15) is 5.52 Å². The minimum absolute atomic E-state index is 0.265. The van der Waals surface area contributed by atoms with Crippen LogP contribution in [0.25, 0.3) is 32.9 Å². The molecule has 1 aliphatic heterocycles. The van der Waals surface area contributed by atoms with Crippen molar-refractivity contribution in [2.24, 2.45) is 0 Å². The van der Waals surface area contributed by atoms with Crippen LogP contribution < -0.4 is 0 Å². The number of aromatic amines is 1. The average Bonchev–Trinajstić information content (AvgIpc) is 3.42. The van der Waals surface area contributed by atoms with Crippen LogP contribution in [0.15, 0.2) is 30.3 Å². The van der Waals surface area contributed by atoms with Crippen molar-refractivity contribution >= 4 is 45.0 Å². The molecule has 1 N–H and O–H groups in total. The van der Waals surface area contributed by atoms with Gasteiger partial charge in [0, 0.05) is 45.7 Å². The van der Waals surface area contributed by atoms with E-state index in [0.717, 1.165) is 47.1 Å². The lowest BCUT2D eigenvalue weighted by atomic mass is 9.93. The molecule has 4 aromatic rings. The van der Waals surface area contributed by atoms with E-state index in [-0.39, 0.29) is 6.42 Å². The number of nitrogens with one attached hydrogen (secondary N) is 1. The summed E-state index contributed by atoms with van der Waals surface area (Å²) in [6.07, 6.45) is 2.91. The molecule has 0 spiro atoms. The molecule has 2 aromatic carbocycles. The van der Waals surface area contributed by atoms with Gasteiger partial charge < -0.3 is 4.98 Å². The fourth-order valence-corrected chi connectivity index (χ4v) is 5.45. The number of fused-ring (bicyclic) bond motifs is 3. The lowest BCUT2D eigenvalue weighted by molar-refractivity contribution is 0.313. The van der Waals surface area contributed by atoms with E-state index in [1.807, 2.05) is 13.0 Å². The highest BCUT2D eigenvalue weighted by Gasteiger charge is 2.26. The van der Waals surface area contributed by atoms with E-state index >= 15 is 4.39 Å². The van der Waals surface area contributed by atoms with Crippen molar-refractivity contribution in [3.8, 4) is 17.2 Å². The molecule has 0 radical (unpaired) electrons. The minimum atomic E-state index is -0.441. The van der Waals surface area contributed by atoms with Gasteiger partial charge in [-0.3, -0.25) is 4.90 Å². The average molecular weight is 481 g/mol. The maximum absolute atomic E-state index is 16.2. The predicted octanol–water partition coefficient (Wildman–Crippen LogP) is 7.36.